The van der Waals surface area contributed by atoms with Crippen LogP contribution in [0.1, 0.15) is 433 Å². The molecule has 0 radical (unpaired) electrons. The summed E-state index contributed by atoms with van der Waals surface area (Å²) in [6, 6.07) is -1.39. The molecule has 0 aliphatic carbocycles. The fourth-order valence-electron chi connectivity index (χ4n) is 13.9. The number of phosphoric acid groups is 2. The van der Waals surface area contributed by atoms with E-state index < -0.39 is 59.2 Å². The average molecular weight is 1530 g/mol. The number of unbranched alkanes of at least 4 members (excludes halogenated alkanes) is 46. The normalized spacial score (nSPS) is 14.0. The summed E-state index contributed by atoms with van der Waals surface area (Å²) in [6.07, 6.45) is 71.0. The summed E-state index contributed by atoms with van der Waals surface area (Å²) in [6.45, 7) is 12.9. The van der Waals surface area contributed by atoms with Crippen LogP contribution in [-0.4, -0.2) is 111 Å². The van der Waals surface area contributed by atoms with E-state index >= 15 is 0 Å². The molecule has 0 spiro atoms. The van der Waals surface area contributed by atoms with Crippen molar-refractivity contribution < 1.29 is 65.7 Å². The van der Waals surface area contributed by atoms with Gasteiger partial charge in [0.1, 0.15) is 6.42 Å². The van der Waals surface area contributed by atoms with Gasteiger partial charge in [0.2, 0.25) is 23.6 Å². The van der Waals surface area contributed by atoms with Crippen LogP contribution in [0, 0.1) is 11.8 Å². The third-order valence-corrected chi connectivity index (χ3v) is 22.6. The predicted octanol–water partition coefficient (Wildman–Crippen LogP) is 23.6. The summed E-state index contributed by atoms with van der Waals surface area (Å²) < 4.78 is 60.0. The van der Waals surface area contributed by atoms with Gasteiger partial charge in [0.05, 0.1) is 51.7 Å². The number of amides is 4. The average Bonchev–Trinajstić information content (AvgIpc) is 1.14. The molecule has 105 heavy (non-hydrogen) atoms. The quantitative estimate of drug-likeness (QED) is 0.0188. The molecule has 624 valence electrons. The minimum atomic E-state index is -4.65. The molecule has 2 unspecified atom stereocenters. The van der Waals surface area contributed by atoms with Crippen LogP contribution in [0.15, 0.2) is 0 Å². The zero-order valence-corrected chi connectivity index (χ0v) is 71.0. The molecule has 6 N–H and O–H groups in total. The molecule has 0 saturated heterocycles. The molecule has 0 heterocycles. The Morgan fingerprint density at radius 3 is 0.752 bits per heavy atom. The zero-order valence-electron chi connectivity index (χ0n) is 69.2. The van der Waals surface area contributed by atoms with Crippen molar-refractivity contribution in [2.45, 2.75) is 445 Å². The van der Waals surface area contributed by atoms with Gasteiger partial charge < -0.3 is 40.5 Å². The molecule has 0 aromatic heterocycles. The molecule has 18 nitrogen and oxygen atoms in total. The second-order valence-electron chi connectivity index (χ2n) is 31.0. The van der Waals surface area contributed by atoms with Gasteiger partial charge in [-0.2, -0.15) is 0 Å². The number of hydrogen-bond donors (Lipinski definition) is 6. The van der Waals surface area contributed by atoms with Crippen LogP contribution in [0.4, 0.5) is 0 Å². The lowest BCUT2D eigenvalue weighted by molar-refractivity contribution is -0.129. The fraction of sp³-hybridized carbons (Fsp3) is 0.953. The van der Waals surface area contributed by atoms with Gasteiger partial charge in [-0.25, -0.2) is 9.13 Å². The van der Waals surface area contributed by atoms with Crippen LogP contribution in [0.25, 0.3) is 0 Å². The Bertz CT molecular complexity index is 1880. The molecule has 0 saturated carbocycles. The monoisotopic (exact) mass is 1530 g/mol. The van der Waals surface area contributed by atoms with E-state index in [0.717, 1.165) is 64.2 Å². The van der Waals surface area contributed by atoms with Crippen molar-refractivity contribution in [2.75, 3.05) is 65.9 Å². The van der Waals surface area contributed by atoms with Gasteiger partial charge in [-0.1, -0.05) is 388 Å². The van der Waals surface area contributed by atoms with E-state index in [2.05, 4.69) is 62.8 Å². The maximum atomic E-state index is 13.3. The van der Waals surface area contributed by atoms with E-state index in [9.17, 15) is 38.1 Å². The molecular formula is C85H170N4O14P2. The summed E-state index contributed by atoms with van der Waals surface area (Å²) >= 11 is 0. The summed E-state index contributed by atoms with van der Waals surface area (Å²) in [5, 5.41) is 11.0. The first kappa shape index (κ1) is 103. The minimum absolute atomic E-state index is 0.110. The van der Waals surface area contributed by atoms with Crippen LogP contribution in [0.2, 0.25) is 0 Å². The zero-order chi connectivity index (χ0) is 76.9. The fourth-order valence-corrected chi connectivity index (χ4v) is 15.4. The van der Waals surface area contributed by atoms with Crippen molar-refractivity contribution in [3.63, 3.8) is 0 Å². The van der Waals surface area contributed by atoms with Gasteiger partial charge in [-0.05, 0) is 37.5 Å². The Morgan fingerprint density at radius 1 is 0.276 bits per heavy atom. The standard InChI is InChI=1S/C85H170N4O14P2/c1-7-13-19-25-29-33-37-41-45-51-57-63-82(90)88-80(74-98-69-65-78(59-53-47-23-17-11-5)61-55-49-43-39-35-31-27-21-15-9-3)76-102-104(94,95)100-71-67-86-84(92)73-85(93)87-68-72-101-105(96,97)103-77-81(89-83(91)64-58-52-46-42-38-34-30-26-20-14-8-2)75-99-70-66-79(60-54-48-24-18-12-6)62-56-50-44-40-36-32-28-22-16-10-4/h78-81H,7-77H2,1-6H3,(H,86,92)(H,87,93)(H,88,90)(H,89,91)(H,94,95)(H,96,97)/t78-,79-,80+,81+/m0/s1. The number of nitrogens with one attached hydrogen (secondary N) is 4. The molecule has 0 aromatic rings. The first-order valence-electron chi connectivity index (χ1n) is 44.6. The van der Waals surface area contributed by atoms with Crippen LogP contribution < -0.4 is 21.3 Å². The molecule has 20 heteroatoms. The smallest absolute Gasteiger partial charge is 0.379 e. The van der Waals surface area contributed by atoms with Crippen LogP contribution in [0.5, 0.6) is 0 Å². The van der Waals surface area contributed by atoms with Crippen molar-refractivity contribution in [2.24, 2.45) is 11.8 Å². The lowest BCUT2D eigenvalue weighted by atomic mass is 9.91. The predicted molar refractivity (Wildman–Crippen MR) is 438 cm³/mol. The molecule has 0 rings (SSSR count). The maximum Gasteiger partial charge on any atom is 0.472 e. The van der Waals surface area contributed by atoms with Gasteiger partial charge in [0.15, 0.2) is 0 Å². The first-order chi connectivity index (χ1) is 51.1. The Kier molecular flexibility index (Phi) is 77.2. The number of carbonyl (C=O) groups is 4. The molecule has 0 aromatic carbocycles. The van der Waals surface area contributed by atoms with Crippen LogP contribution in [0.3, 0.4) is 0 Å². The number of phosphoric ester groups is 2. The maximum absolute atomic E-state index is 13.3. The van der Waals surface area contributed by atoms with Crippen molar-refractivity contribution in [3.8, 4) is 0 Å². The number of hydrogen-bond acceptors (Lipinski definition) is 12. The Balaban J connectivity index is 5.41. The van der Waals surface area contributed by atoms with E-state index in [1.165, 1.54) is 308 Å². The second-order valence-corrected chi connectivity index (χ2v) is 33.9. The Hall–Kier alpha value is -1.98. The van der Waals surface area contributed by atoms with Crippen molar-refractivity contribution in [1.82, 2.24) is 21.3 Å². The van der Waals surface area contributed by atoms with Crippen LogP contribution >= 0.6 is 15.6 Å². The third-order valence-electron chi connectivity index (χ3n) is 20.6. The number of carbonyl (C=O) groups excluding carboxylic acids is 4. The summed E-state index contributed by atoms with van der Waals surface area (Å²) in [5.41, 5.74) is 0. The van der Waals surface area contributed by atoms with Crippen LogP contribution in [-0.2, 0) is 55.9 Å². The Labute approximate surface area is 646 Å². The molecule has 0 fully saturated rings. The third kappa shape index (κ3) is 75.8. The van der Waals surface area contributed by atoms with E-state index in [0.29, 0.717) is 37.9 Å². The van der Waals surface area contributed by atoms with Crippen molar-refractivity contribution in [1.29, 1.82) is 0 Å². The summed E-state index contributed by atoms with van der Waals surface area (Å²) in [4.78, 5) is 73.5. The topological polar surface area (TPSA) is 246 Å². The van der Waals surface area contributed by atoms with Crippen molar-refractivity contribution >= 4 is 39.3 Å². The highest BCUT2D eigenvalue weighted by molar-refractivity contribution is 7.47. The number of rotatable bonds is 86. The Morgan fingerprint density at radius 2 is 0.505 bits per heavy atom. The molecule has 6 atom stereocenters. The van der Waals surface area contributed by atoms with Gasteiger partial charge in [0.25, 0.3) is 0 Å². The minimum Gasteiger partial charge on any atom is -0.379 e. The second kappa shape index (κ2) is 78.7. The van der Waals surface area contributed by atoms with E-state index in [1.807, 2.05) is 0 Å². The van der Waals surface area contributed by atoms with Gasteiger partial charge in [-0.3, -0.25) is 37.3 Å². The van der Waals surface area contributed by atoms with Gasteiger partial charge >= 0.3 is 15.6 Å². The highest BCUT2D eigenvalue weighted by Gasteiger charge is 2.27. The lowest BCUT2D eigenvalue weighted by Gasteiger charge is -2.22. The molecule has 0 aliphatic heterocycles. The summed E-state index contributed by atoms with van der Waals surface area (Å²) in [7, 11) is -9.30. The molecule has 0 bridgehead atoms. The lowest BCUT2D eigenvalue weighted by Crippen LogP contribution is -2.41. The van der Waals surface area contributed by atoms with E-state index in [4.69, 9.17) is 27.6 Å². The largest absolute Gasteiger partial charge is 0.472 e. The van der Waals surface area contributed by atoms with E-state index in [1.54, 1.807) is 0 Å². The van der Waals surface area contributed by atoms with Crippen molar-refractivity contribution in [3.05, 3.63) is 0 Å². The van der Waals surface area contributed by atoms with Gasteiger partial charge in [0, 0.05) is 39.1 Å². The number of ether oxygens (including phenoxy) is 2. The first-order valence-corrected chi connectivity index (χ1v) is 47.6. The summed E-state index contributed by atoms with van der Waals surface area (Å²) in [5.74, 6) is -0.589. The highest BCUT2D eigenvalue weighted by atomic mass is 31.2. The molecule has 4 amide bonds. The van der Waals surface area contributed by atoms with Gasteiger partial charge in [-0.15, -0.1) is 0 Å². The SMILES string of the molecule is CCCCCCCCCCCCCC(=O)N[C@H](COCC[C@@H](CCCCCCC)CCCCCCCCCCCC)COP(=O)(O)OCCNC(=O)CC(=O)NCCOP(=O)(O)OC[C@@H](COCC[C@@H](CCCCCCC)CCCCCCCCCCCC)NC(=O)CCCCCCCCCCCCC. The van der Waals surface area contributed by atoms with E-state index in [-0.39, 0.29) is 51.3 Å². The molecule has 0 aliphatic rings. The highest BCUT2D eigenvalue weighted by Crippen LogP contribution is 2.44. The molecular weight excluding hydrogens is 1360 g/mol.